The van der Waals surface area contributed by atoms with E-state index in [0.29, 0.717) is 12.1 Å². The number of nitrogens with one attached hydrogen (secondary N) is 2. The Morgan fingerprint density at radius 1 is 0.833 bits per heavy atom. The van der Waals surface area contributed by atoms with Crippen molar-refractivity contribution < 1.29 is 27.2 Å². The first-order valence-electron chi connectivity index (χ1n) is 10.6. The lowest BCUT2D eigenvalue weighted by molar-refractivity contribution is -0.122. The highest BCUT2D eigenvalue weighted by molar-refractivity contribution is 5.95. The SMILES string of the molecule is N[C@@H](Cc1ccccc1)C(=O)NC[C@H](N)C(=O)Nc1ccc(C#Cc2c(F)c(F)nc(F)c2F)cc1. The van der Waals surface area contributed by atoms with Gasteiger partial charge in [0, 0.05) is 17.8 Å². The number of hydrogen-bond donors (Lipinski definition) is 4. The number of amides is 2. The molecule has 0 radical (unpaired) electrons. The smallest absolute Gasteiger partial charge is 0.253 e. The molecule has 36 heavy (non-hydrogen) atoms. The minimum Gasteiger partial charge on any atom is -0.353 e. The molecule has 11 heteroatoms. The zero-order valence-corrected chi connectivity index (χ0v) is 18.7. The number of pyridine rings is 1. The summed E-state index contributed by atoms with van der Waals surface area (Å²) in [5.41, 5.74) is 12.1. The Hall–Kier alpha value is -4.27. The van der Waals surface area contributed by atoms with E-state index in [1.807, 2.05) is 36.3 Å². The van der Waals surface area contributed by atoms with Crippen LogP contribution >= 0.6 is 0 Å². The number of hydrogen-bond acceptors (Lipinski definition) is 5. The van der Waals surface area contributed by atoms with Gasteiger partial charge in [-0.1, -0.05) is 42.2 Å². The Bertz CT molecular complexity index is 1280. The summed E-state index contributed by atoms with van der Waals surface area (Å²) in [7, 11) is 0. The summed E-state index contributed by atoms with van der Waals surface area (Å²) in [6, 6.07) is 13.0. The highest BCUT2D eigenvalue weighted by Crippen LogP contribution is 2.16. The summed E-state index contributed by atoms with van der Waals surface area (Å²) in [5.74, 6) is -3.64. The number of aromatic nitrogens is 1. The van der Waals surface area contributed by atoms with Crippen LogP contribution in [-0.2, 0) is 16.0 Å². The number of rotatable bonds is 7. The van der Waals surface area contributed by atoms with Gasteiger partial charge in [-0.05, 0) is 36.2 Å². The molecule has 7 nitrogen and oxygen atoms in total. The molecule has 0 aliphatic carbocycles. The van der Waals surface area contributed by atoms with Crippen LogP contribution in [0.5, 0.6) is 0 Å². The van der Waals surface area contributed by atoms with Crippen molar-refractivity contribution in [2.45, 2.75) is 18.5 Å². The largest absolute Gasteiger partial charge is 0.353 e. The second kappa shape index (κ2) is 11.9. The van der Waals surface area contributed by atoms with Crippen LogP contribution in [0.2, 0.25) is 0 Å². The van der Waals surface area contributed by atoms with Crippen LogP contribution in [0.25, 0.3) is 0 Å². The van der Waals surface area contributed by atoms with E-state index in [0.717, 1.165) is 5.56 Å². The van der Waals surface area contributed by atoms with Gasteiger partial charge < -0.3 is 22.1 Å². The van der Waals surface area contributed by atoms with Gasteiger partial charge in [0.2, 0.25) is 11.8 Å². The summed E-state index contributed by atoms with van der Waals surface area (Å²) in [6.45, 7) is -0.146. The lowest BCUT2D eigenvalue weighted by Crippen LogP contribution is -2.49. The van der Waals surface area contributed by atoms with Crippen LogP contribution in [0.1, 0.15) is 16.7 Å². The Morgan fingerprint density at radius 2 is 1.44 bits per heavy atom. The van der Waals surface area contributed by atoms with Crippen LogP contribution in [-0.4, -0.2) is 35.4 Å². The maximum atomic E-state index is 13.6. The molecule has 2 atom stereocenters. The summed E-state index contributed by atoms with van der Waals surface area (Å²) < 4.78 is 53.6. The quantitative estimate of drug-likeness (QED) is 0.225. The molecule has 3 aromatic rings. The topological polar surface area (TPSA) is 123 Å². The second-order valence-corrected chi connectivity index (χ2v) is 7.66. The van der Waals surface area contributed by atoms with Crippen molar-refractivity contribution in [1.82, 2.24) is 10.3 Å². The lowest BCUT2D eigenvalue weighted by Gasteiger charge is -2.16. The molecule has 0 fully saturated rings. The average Bonchev–Trinajstić information content (AvgIpc) is 2.87. The third-order valence-electron chi connectivity index (χ3n) is 4.95. The first-order chi connectivity index (χ1) is 17.2. The molecule has 0 saturated carbocycles. The van der Waals surface area contributed by atoms with Crippen LogP contribution in [0.15, 0.2) is 54.6 Å². The molecule has 1 heterocycles. The van der Waals surface area contributed by atoms with Crippen LogP contribution in [0.3, 0.4) is 0 Å². The molecule has 0 aliphatic rings. The molecular weight excluding hydrogens is 478 g/mol. The van der Waals surface area contributed by atoms with Gasteiger partial charge in [0.15, 0.2) is 11.6 Å². The number of anilines is 1. The van der Waals surface area contributed by atoms with Crippen molar-refractivity contribution >= 4 is 17.5 Å². The molecule has 2 aromatic carbocycles. The van der Waals surface area contributed by atoms with Crippen LogP contribution in [0, 0.1) is 35.4 Å². The lowest BCUT2D eigenvalue weighted by atomic mass is 10.1. The molecule has 0 bridgehead atoms. The van der Waals surface area contributed by atoms with E-state index in [4.69, 9.17) is 11.5 Å². The van der Waals surface area contributed by atoms with Crippen molar-refractivity contribution in [3.63, 3.8) is 0 Å². The van der Waals surface area contributed by atoms with Gasteiger partial charge in [0.05, 0.1) is 6.04 Å². The standard InChI is InChI=1S/C25H21F4N5O2/c26-20-17(21(27)23(29)34-22(20)28)11-8-14-6-9-16(10-7-14)33-25(36)19(31)13-32-24(35)18(30)12-15-4-2-1-3-5-15/h1-7,9-10,18-19H,12-13,30-31H2,(H,32,35)(H,33,36)/t18-,19-/m0/s1. The van der Waals surface area contributed by atoms with Crippen molar-refractivity contribution in [2.24, 2.45) is 11.5 Å². The molecule has 1 aromatic heterocycles. The van der Waals surface area contributed by atoms with Crippen molar-refractivity contribution in [3.05, 3.63) is 94.8 Å². The van der Waals surface area contributed by atoms with E-state index in [2.05, 4.69) is 21.5 Å². The third kappa shape index (κ3) is 6.88. The Kier molecular flexibility index (Phi) is 8.72. The molecule has 3 rings (SSSR count). The maximum absolute atomic E-state index is 13.6. The van der Waals surface area contributed by atoms with Crippen molar-refractivity contribution in [1.29, 1.82) is 0 Å². The van der Waals surface area contributed by atoms with Gasteiger partial charge >= 0.3 is 0 Å². The predicted octanol–water partition coefficient (Wildman–Crippen LogP) is 1.99. The third-order valence-corrected chi connectivity index (χ3v) is 4.95. The highest BCUT2D eigenvalue weighted by Gasteiger charge is 2.20. The van der Waals surface area contributed by atoms with Gasteiger partial charge in [-0.3, -0.25) is 9.59 Å². The number of carbonyl (C=O) groups excluding carboxylic acids is 2. The van der Waals surface area contributed by atoms with E-state index in [1.54, 1.807) is 0 Å². The maximum Gasteiger partial charge on any atom is 0.253 e. The number of carbonyl (C=O) groups is 2. The first kappa shape index (κ1) is 26.3. The number of halogens is 4. The zero-order valence-electron chi connectivity index (χ0n) is 18.7. The van der Waals surface area contributed by atoms with Crippen molar-refractivity contribution in [2.75, 3.05) is 11.9 Å². The monoisotopic (exact) mass is 499 g/mol. The van der Waals surface area contributed by atoms with E-state index in [1.165, 1.54) is 24.3 Å². The normalized spacial score (nSPS) is 12.2. The number of nitrogens with zero attached hydrogens (tertiary/aromatic N) is 1. The summed E-state index contributed by atoms with van der Waals surface area (Å²) in [5, 5.41) is 5.09. The van der Waals surface area contributed by atoms with Gasteiger partial charge in [0.25, 0.3) is 11.9 Å². The van der Waals surface area contributed by atoms with Gasteiger partial charge in [0.1, 0.15) is 11.6 Å². The van der Waals surface area contributed by atoms with E-state index >= 15 is 0 Å². The first-order valence-corrected chi connectivity index (χ1v) is 10.6. The van der Waals surface area contributed by atoms with Crippen LogP contribution in [0.4, 0.5) is 23.2 Å². The minimum atomic E-state index is -1.80. The van der Waals surface area contributed by atoms with Crippen LogP contribution < -0.4 is 22.1 Å². The molecule has 0 unspecified atom stereocenters. The minimum absolute atomic E-state index is 0.146. The molecule has 2 amide bonds. The van der Waals surface area contributed by atoms with E-state index in [9.17, 15) is 27.2 Å². The van der Waals surface area contributed by atoms with Crippen molar-refractivity contribution in [3.8, 4) is 11.8 Å². The van der Waals surface area contributed by atoms with Gasteiger partial charge in [-0.25, -0.2) is 8.78 Å². The van der Waals surface area contributed by atoms with Gasteiger partial charge in [-0.15, -0.1) is 0 Å². The summed E-state index contributed by atoms with van der Waals surface area (Å²) >= 11 is 0. The Balaban J connectivity index is 1.53. The zero-order chi connectivity index (χ0) is 26.2. The molecule has 186 valence electrons. The number of benzene rings is 2. The average molecular weight is 499 g/mol. The predicted molar refractivity (Wildman–Crippen MR) is 124 cm³/mol. The number of nitrogens with two attached hydrogens (primary N) is 2. The molecular formula is C25H21F4N5O2. The fraction of sp³-hybridized carbons (Fsp3) is 0.160. The Labute approximate surface area is 203 Å². The molecule has 0 aliphatic heterocycles. The fourth-order valence-electron chi connectivity index (χ4n) is 3.00. The fourth-order valence-corrected chi connectivity index (χ4v) is 3.00. The summed E-state index contributed by atoms with van der Waals surface area (Å²) in [4.78, 5) is 27.0. The molecule has 6 N–H and O–H groups in total. The Morgan fingerprint density at radius 3 is 2.06 bits per heavy atom. The molecule has 0 saturated heterocycles. The van der Waals surface area contributed by atoms with Gasteiger partial charge in [-0.2, -0.15) is 13.8 Å². The highest BCUT2D eigenvalue weighted by atomic mass is 19.2. The van der Waals surface area contributed by atoms with E-state index < -0.39 is 53.0 Å². The summed E-state index contributed by atoms with van der Waals surface area (Å²) in [6.07, 6.45) is 0.327. The molecule has 0 spiro atoms. The second-order valence-electron chi connectivity index (χ2n) is 7.66. The van der Waals surface area contributed by atoms with E-state index in [-0.39, 0.29) is 12.1 Å².